The predicted octanol–water partition coefficient (Wildman–Crippen LogP) is 3.29. The molecule has 0 aliphatic heterocycles. The second kappa shape index (κ2) is 5.62. The Morgan fingerprint density at radius 1 is 1.19 bits per heavy atom. The van der Waals surface area contributed by atoms with Crippen LogP contribution in [0.4, 0.5) is 5.69 Å². The van der Waals surface area contributed by atoms with Crippen LogP contribution < -0.4 is 10.5 Å². The molecule has 6 nitrogen and oxygen atoms in total. The van der Waals surface area contributed by atoms with E-state index in [1.54, 1.807) is 44.2 Å². The lowest BCUT2D eigenvalue weighted by atomic mass is 10.1. The van der Waals surface area contributed by atoms with Crippen molar-refractivity contribution in [2.45, 2.75) is 13.8 Å². The van der Waals surface area contributed by atoms with E-state index < -0.39 is 4.92 Å². The summed E-state index contributed by atoms with van der Waals surface area (Å²) in [5.74, 6) is 0.857. The van der Waals surface area contributed by atoms with Gasteiger partial charge in [-0.2, -0.15) is 0 Å². The maximum absolute atomic E-state index is 10.9. The first kappa shape index (κ1) is 14.5. The molecule has 2 aromatic carbocycles. The number of benzene rings is 2. The van der Waals surface area contributed by atoms with Crippen LogP contribution in [0.3, 0.4) is 0 Å². The third-order valence-electron chi connectivity index (χ3n) is 3.09. The van der Waals surface area contributed by atoms with E-state index in [4.69, 9.17) is 15.9 Å². The van der Waals surface area contributed by atoms with Gasteiger partial charge in [0.25, 0.3) is 5.69 Å². The van der Waals surface area contributed by atoms with Crippen molar-refractivity contribution in [1.82, 2.24) is 0 Å². The number of hydrogen-bond acceptors (Lipinski definition) is 4. The summed E-state index contributed by atoms with van der Waals surface area (Å²) in [5.41, 5.74) is 7.21. The van der Waals surface area contributed by atoms with E-state index in [1.165, 1.54) is 6.07 Å². The minimum atomic E-state index is -0.421. The average Bonchev–Trinajstić information content (AvgIpc) is 2.42. The lowest BCUT2D eigenvalue weighted by molar-refractivity contribution is -0.385. The molecule has 0 spiro atoms. The first-order chi connectivity index (χ1) is 9.90. The molecule has 0 amide bonds. The molecule has 0 aliphatic rings. The second-order valence-electron chi connectivity index (χ2n) is 4.67. The van der Waals surface area contributed by atoms with E-state index in [0.29, 0.717) is 28.2 Å². The molecule has 0 atom stereocenters. The number of hydrogen-bond donors (Lipinski definition) is 2. The molecular weight excluding hydrogens is 270 g/mol. The summed E-state index contributed by atoms with van der Waals surface area (Å²) in [6.45, 7) is 3.39. The van der Waals surface area contributed by atoms with Crippen molar-refractivity contribution in [3.8, 4) is 11.5 Å². The summed E-state index contributed by atoms with van der Waals surface area (Å²) >= 11 is 0. The van der Waals surface area contributed by atoms with Crippen molar-refractivity contribution in [2.24, 2.45) is 5.73 Å². The minimum Gasteiger partial charge on any atom is -0.456 e. The van der Waals surface area contributed by atoms with Crippen LogP contribution in [0.5, 0.6) is 11.5 Å². The van der Waals surface area contributed by atoms with Gasteiger partial charge in [0.2, 0.25) is 0 Å². The smallest absolute Gasteiger partial charge is 0.272 e. The Balaban J connectivity index is 2.44. The number of nitro benzene ring substituents is 1. The first-order valence-corrected chi connectivity index (χ1v) is 6.27. The Kier molecular flexibility index (Phi) is 3.89. The highest BCUT2D eigenvalue weighted by Gasteiger charge is 2.15. The zero-order valence-corrected chi connectivity index (χ0v) is 11.7. The minimum absolute atomic E-state index is 0.0553. The molecule has 0 aromatic heterocycles. The molecular formula is C15H15N3O3. The lowest BCUT2D eigenvalue weighted by Gasteiger charge is -2.12. The average molecular weight is 285 g/mol. The largest absolute Gasteiger partial charge is 0.456 e. The van der Waals surface area contributed by atoms with Gasteiger partial charge in [-0.05, 0) is 37.6 Å². The fourth-order valence-corrected chi connectivity index (χ4v) is 1.98. The van der Waals surface area contributed by atoms with Gasteiger partial charge < -0.3 is 10.5 Å². The molecule has 3 N–H and O–H groups in total. The monoisotopic (exact) mass is 285 g/mol. The van der Waals surface area contributed by atoms with Crippen molar-refractivity contribution in [1.29, 1.82) is 5.41 Å². The number of nitrogens with zero attached hydrogens (tertiary/aromatic N) is 1. The summed E-state index contributed by atoms with van der Waals surface area (Å²) in [4.78, 5) is 10.5. The van der Waals surface area contributed by atoms with Gasteiger partial charge in [-0.25, -0.2) is 0 Å². The van der Waals surface area contributed by atoms with Gasteiger partial charge in [0.1, 0.15) is 17.3 Å². The van der Waals surface area contributed by atoms with Gasteiger partial charge in [0.15, 0.2) is 0 Å². The van der Waals surface area contributed by atoms with Crippen molar-refractivity contribution in [3.05, 3.63) is 63.2 Å². The van der Waals surface area contributed by atoms with Crippen molar-refractivity contribution in [3.63, 3.8) is 0 Å². The third kappa shape index (κ3) is 3.00. The zero-order valence-electron chi connectivity index (χ0n) is 11.7. The second-order valence-corrected chi connectivity index (χ2v) is 4.67. The van der Waals surface area contributed by atoms with E-state index in [1.807, 2.05) is 0 Å². The number of para-hydroxylation sites is 1. The molecule has 2 aromatic rings. The predicted molar refractivity (Wildman–Crippen MR) is 80.1 cm³/mol. The first-order valence-electron chi connectivity index (χ1n) is 6.27. The molecule has 0 saturated heterocycles. The van der Waals surface area contributed by atoms with E-state index in [0.717, 1.165) is 0 Å². The molecule has 108 valence electrons. The fourth-order valence-electron chi connectivity index (χ4n) is 1.98. The standard InChI is InChI=1S/C15H15N3O3/c1-9-8-14(10(2)7-12(9)18(19)20)21-13-6-4-3-5-11(13)15(16)17/h3-8H,1-2H3,(H3,16,17). The Hall–Kier alpha value is -2.89. The van der Waals surface area contributed by atoms with Gasteiger partial charge in [0.05, 0.1) is 10.5 Å². The Labute approximate surface area is 121 Å². The van der Waals surface area contributed by atoms with E-state index in [-0.39, 0.29) is 11.5 Å². The SMILES string of the molecule is Cc1cc([N+](=O)[O-])c(C)cc1Oc1ccccc1C(=N)N. The quantitative estimate of drug-likeness (QED) is 0.389. The van der Waals surface area contributed by atoms with Gasteiger partial charge in [-0.1, -0.05) is 12.1 Å². The molecule has 21 heavy (non-hydrogen) atoms. The van der Waals surface area contributed by atoms with E-state index in [2.05, 4.69) is 0 Å². The van der Waals surface area contributed by atoms with E-state index in [9.17, 15) is 10.1 Å². The molecule has 0 heterocycles. The van der Waals surface area contributed by atoms with Gasteiger partial charge in [-0.15, -0.1) is 0 Å². The molecule has 0 saturated carbocycles. The summed E-state index contributed by atoms with van der Waals surface area (Å²) in [6, 6.07) is 10.0. The number of nitro groups is 1. The number of ether oxygens (including phenoxy) is 1. The summed E-state index contributed by atoms with van der Waals surface area (Å²) in [6.07, 6.45) is 0. The molecule has 2 rings (SSSR count). The third-order valence-corrected chi connectivity index (χ3v) is 3.09. The maximum Gasteiger partial charge on any atom is 0.272 e. The topological polar surface area (TPSA) is 102 Å². The summed E-state index contributed by atoms with van der Waals surface area (Å²) < 4.78 is 5.77. The van der Waals surface area contributed by atoms with Crippen molar-refractivity contribution >= 4 is 11.5 Å². The van der Waals surface area contributed by atoms with Gasteiger partial charge in [-0.3, -0.25) is 15.5 Å². The Bertz CT molecular complexity index is 726. The molecule has 0 aliphatic carbocycles. The maximum atomic E-state index is 10.9. The van der Waals surface area contributed by atoms with Crippen LogP contribution in [0.15, 0.2) is 36.4 Å². The van der Waals surface area contributed by atoms with Crippen LogP contribution >= 0.6 is 0 Å². The highest BCUT2D eigenvalue weighted by atomic mass is 16.6. The Morgan fingerprint density at radius 3 is 2.48 bits per heavy atom. The summed E-state index contributed by atoms with van der Waals surface area (Å²) in [5, 5.41) is 18.4. The molecule has 0 fully saturated rings. The van der Waals surface area contributed by atoms with Crippen molar-refractivity contribution < 1.29 is 9.66 Å². The molecule has 6 heteroatoms. The number of amidine groups is 1. The molecule has 0 unspecified atom stereocenters. The van der Waals surface area contributed by atoms with Crippen LogP contribution in [0, 0.1) is 29.4 Å². The fraction of sp³-hybridized carbons (Fsp3) is 0.133. The van der Waals surface area contributed by atoms with Crippen LogP contribution in [-0.4, -0.2) is 10.8 Å². The Morgan fingerprint density at radius 2 is 1.86 bits per heavy atom. The molecule has 0 radical (unpaired) electrons. The number of rotatable bonds is 4. The van der Waals surface area contributed by atoms with E-state index >= 15 is 0 Å². The van der Waals surface area contributed by atoms with Gasteiger partial charge >= 0.3 is 0 Å². The lowest BCUT2D eigenvalue weighted by Crippen LogP contribution is -2.12. The van der Waals surface area contributed by atoms with Crippen LogP contribution in [0.25, 0.3) is 0 Å². The number of nitrogen functional groups attached to an aromatic ring is 1. The van der Waals surface area contributed by atoms with Gasteiger partial charge in [0, 0.05) is 11.6 Å². The molecule has 0 bridgehead atoms. The van der Waals surface area contributed by atoms with Crippen molar-refractivity contribution in [2.75, 3.05) is 0 Å². The van der Waals surface area contributed by atoms with Crippen LogP contribution in [0.1, 0.15) is 16.7 Å². The normalized spacial score (nSPS) is 10.2. The zero-order chi connectivity index (χ0) is 15.6. The number of nitrogens with two attached hydrogens (primary N) is 1. The number of nitrogens with one attached hydrogen (secondary N) is 1. The highest BCUT2D eigenvalue weighted by molar-refractivity contribution is 5.97. The number of aryl methyl sites for hydroxylation is 2. The van der Waals surface area contributed by atoms with Crippen LogP contribution in [0.2, 0.25) is 0 Å². The van der Waals surface area contributed by atoms with Crippen LogP contribution in [-0.2, 0) is 0 Å². The highest BCUT2D eigenvalue weighted by Crippen LogP contribution is 2.32. The summed E-state index contributed by atoms with van der Waals surface area (Å²) in [7, 11) is 0.